The van der Waals surface area contributed by atoms with Crippen molar-refractivity contribution in [2.24, 2.45) is 17.6 Å². The molecule has 1 aliphatic heterocycles. The Balaban J connectivity index is 0.000000236. The summed E-state index contributed by atoms with van der Waals surface area (Å²) < 4.78 is 26.8. The summed E-state index contributed by atoms with van der Waals surface area (Å²) in [6.45, 7) is 1.69. The maximum absolute atomic E-state index is 12.1. The molecule has 0 bridgehead atoms. The maximum Gasteiger partial charge on any atom is 0.469 e. The topological polar surface area (TPSA) is 241 Å². The van der Waals surface area contributed by atoms with Crippen LogP contribution in [0, 0.1) is 18.8 Å². The number of phosphoric ester groups is 1. The number of hydrogen-bond acceptors (Lipinski definition) is 10. The highest BCUT2D eigenvalue weighted by atomic mass is 31.2. The summed E-state index contributed by atoms with van der Waals surface area (Å²) in [4.78, 5) is 65.0. The number of ether oxygens (including phenoxy) is 2. The van der Waals surface area contributed by atoms with Gasteiger partial charge in [0.25, 0.3) is 5.56 Å². The molecule has 0 amide bonds. The molecule has 0 radical (unpaired) electrons. The molecule has 0 spiro atoms. The van der Waals surface area contributed by atoms with E-state index in [0.717, 1.165) is 35.8 Å². The number of aliphatic hydroxyl groups is 1. The van der Waals surface area contributed by atoms with Crippen molar-refractivity contribution in [1.82, 2.24) is 9.55 Å². The molecule has 2 aromatic rings. The SMILES string of the molecule is Cc1cn([C@H]2C[C@H](O)[C@@H](COP(=O)(O)O)O2)c(=O)[nH]c1=O.NCC1CCC(C(=O)Oc2ccc(CCC(=O)O)cc2)CC1. The second-order valence-electron chi connectivity index (χ2n) is 10.6. The van der Waals surface area contributed by atoms with Crippen LogP contribution in [0.15, 0.2) is 40.1 Å². The molecule has 7 N–H and O–H groups in total. The van der Waals surface area contributed by atoms with Crippen LogP contribution in [-0.2, 0) is 29.8 Å². The minimum atomic E-state index is -4.67. The molecule has 1 saturated carbocycles. The van der Waals surface area contributed by atoms with Gasteiger partial charge in [0.15, 0.2) is 0 Å². The number of rotatable bonds is 10. The maximum atomic E-state index is 12.1. The van der Waals surface area contributed by atoms with Crippen LogP contribution in [0.3, 0.4) is 0 Å². The van der Waals surface area contributed by atoms with E-state index in [9.17, 15) is 28.8 Å². The summed E-state index contributed by atoms with van der Waals surface area (Å²) in [6.07, 6.45) is 2.68. The molecule has 2 aliphatic rings. The van der Waals surface area contributed by atoms with Gasteiger partial charge in [-0.25, -0.2) is 9.36 Å². The van der Waals surface area contributed by atoms with Crippen molar-refractivity contribution >= 4 is 19.8 Å². The Kier molecular flexibility index (Phi) is 12.4. The number of aryl methyl sites for hydroxylation is 2. The van der Waals surface area contributed by atoms with Crippen LogP contribution in [0.2, 0.25) is 0 Å². The number of H-pyrrole nitrogens is 1. The van der Waals surface area contributed by atoms with Crippen molar-refractivity contribution < 1.29 is 48.2 Å². The Morgan fingerprint density at radius 2 is 1.79 bits per heavy atom. The number of hydrogen-bond donors (Lipinski definition) is 6. The summed E-state index contributed by atoms with van der Waals surface area (Å²) in [5, 5.41) is 18.4. The van der Waals surface area contributed by atoms with E-state index >= 15 is 0 Å². The zero-order valence-electron chi connectivity index (χ0n) is 23.7. The highest BCUT2D eigenvalue weighted by Gasteiger charge is 2.37. The quantitative estimate of drug-likeness (QED) is 0.122. The fraction of sp³-hybridized carbons (Fsp3) is 0.556. The van der Waals surface area contributed by atoms with Gasteiger partial charge in [-0.2, -0.15) is 0 Å². The van der Waals surface area contributed by atoms with E-state index in [1.54, 1.807) is 24.3 Å². The fourth-order valence-electron chi connectivity index (χ4n) is 4.82. The van der Waals surface area contributed by atoms with E-state index < -0.39 is 50.1 Å². The molecule has 3 atom stereocenters. The predicted molar refractivity (Wildman–Crippen MR) is 151 cm³/mol. The number of phosphoric acid groups is 1. The van der Waals surface area contributed by atoms with E-state index in [1.165, 1.54) is 13.1 Å². The number of carbonyl (C=O) groups is 2. The first kappa shape index (κ1) is 34.3. The molecule has 2 fully saturated rings. The van der Waals surface area contributed by atoms with Crippen molar-refractivity contribution in [2.45, 2.75) is 70.3 Å². The lowest BCUT2D eigenvalue weighted by atomic mass is 9.82. The average Bonchev–Trinajstić information content (AvgIpc) is 3.33. The number of carboxylic acids is 1. The molecule has 1 aromatic heterocycles. The molecule has 15 nitrogen and oxygen atoms in total. The molecule has 0 unspecified atom stereocenters. The third-order valence-corrected chi connectivity index (χ3v) is 7.84. The predicted octanol–water partition coefficient (Wildman–Crippen LogP) is 0.977. The number of aliphatic hydroxyl groups excluding tert-OH is 1. The highest BCUT2D eigenvalue weighted by molar-refractivity contribution is 7.46. The number of esters is 1. The Hall–Kier alpha value is -3.17. The summed E-state index contributed by atoms with van der Waals surface area (Å²) >= 11 is 0. The first-order valence-corrected chi connectivity index (χ1v) is 15.4. The van der Waals surface area contributed by atoms with Gasteiger partial charge in [0, 0.05) is 24.6 Å². The number of aromatic nitrogens is 2. The molecule has 16 heteroatoms. The molecular weight excluding hydrogens is 589 g/mol. The van der Waals surface area contributed by atoms with E-state index in [0.29, 0.717) is 30.2 Å². The number of carbonyl (C=O) groups excluding carboxylic acids is 1. The van der Waals surface area contributed by atoms with Gasteiger partial charge >= 0.3 is 25.5 Å². The van der Waals surface area contributed by atoms with E-state index in [2.05, 4.69) is 9.51 Å². The Morgan fingerprint density at radius 3 is 2.37 bits per heavy atom. The van der Waals surface area contributed by atoms with Gasteiger partial charge < -0.3 is 35.2 Å². The minimum Gasteiger partial charge on any atom is -0.481 e. The fourth-order valence-corrected chi connectivity index (χ4v) is 5.16. The van der Waals surface area contributed by atoms with Crippen LogP contribution >= 0.6 is 7.82 Å². The molecular formula is C27H38N3O12P. The van der Waals surface area contributed by atoms with E-state index in [1.807, 2.05) is 0 Å². The number of nitrogens with two attached hydrogens (primary N) is 1. The van der Waals surface area contributed by atoms with Crippen LogP contribution in [0.4, 0.5) is 0 Å². The number of aliphatic carboxylic acids is 1. The number of nitrogens with one attached hydrogen (secondary N) is 1. The van der Waals surface area contributed by atoms with Gasteiger partial charge in [-0.1, -0.05) is 12.1 Å². The summed E-state index contributed by atoms with van der Waals surface area (Å²) in [6, 6.07) is 7.05. The molecule has 1 aromatic carbocycles. The second kappa shape index (κ2) is 15.5. The minimum absolute atomic E-state index is 0.0283. The van der Waals surface area contributed by atoms with Gasteiger partial charge in [-0.3, -0.25) is 28.5 Å². The van der Waals surface area contributed by atoms with Gasteiger partial charge in [-0.15, -0.1) is 0 Å². The number of carboxylic acid groups (broad SMARTS) is 1. The van der Waals surface area contributed by atoms with Crippen LogP contribution in [-0.4, -0.2) is 66.8 Å². The lowest BCUT2D eigenvalue weighted by molar-refractivity contribution is -0.140. The third kappa shape index (κ3) is 10.8. The van der Waals surface area contributed by atoms with Crippen molar-refractivity contribution in [3.63, 3.8) is 0 Å². The monoisotopic (exact) mass is 627 g/mol. The van der Waals surface area contributed by atoms with Crippen LogP contribution in [0.25, 0.3) is 0 Å². The van der Waals surface area contributed by atoms with Gasteiger partial charge in [-0.05, 0) is 69.2 Å². The molecule has 4 rings (SSSR count). The first-order valence-electron chi connectivity index (χ1n) is 13.8. The van der Waals surface area contributed by atoms with E-state index in [4.69, 9.17) is 30.1 Å². The van der Waals surface area contributed by atoms with Crippen molar-refractivity contribution in [3.8, 4) is 5.75 Å². The number of aromatic amines is 1. The first-order chi connectivity index (χ1) is 20.3. The van der Waals surface area contributed by atoms with Gasteiger partial charge in [0.1, 0.15) is 18.1 Å². The Morgan fingerprint density at radius 1 is 1.14 bits per heavy atom. The molecule has 1 saturated heterocycles. The van der Waals surface area contributed by atoms with Gasteiger partial charge in [0.05, 0.1) is 18.6 Å². The highest BCUT2D eigenvalue weighted by Crippen LogP contribution is 2.38. The van der Waals surface area contributed by atoms with Crippen LogP contribution < -0.4 is 21.7 Å². The lowest BCUT2D eigenvalue weighted by Crippen LogP contribution is -2.33. The molecule has 1 aliphatic carbocycles. The normalized spacial score (nSPS) is 23.7. The van der Waals surface area contributed by atoms with Crippen LogP contribution in [0.1, 0.15) is 55.9 Å². The molecule has 2 heterocycles. The number of benzene rings is 1. The largest absolute Gasteiger partial charge is 0.481 e. The van der Waals surface area contributed by atoms with Crippen LogP contribution in [0.5, 0.6) is 5.75 Å². The number of nitrogens with zero attached hydrogens (tertiary/aromatic N) is 1. The molecule has 43 heavy (non-hydrogen) atoms. The standard InChI is InChI=1S/C17H23NO4.C10H15N2O8P/c18-11-13-1-6-14(7-2-13)17(21)22-15-8-3-12(4-9-15)5-10-16(19)20;1-5-3-12(10(15)11-9(5)14)8-2-6(13)7(20-8)4-19-21(16,17)18/h3-4,8-9,13-14H,1-2,5-7,10-11,18H2,(H,19,20);3,6-8,13H,2,4H2,1H3,(H,11,14,15)(H2,16,17,18)/t;6-,7+,8+/m.0/s1. The zero-order chi connectivity index (χ0) is 31.7. The Labute approximate surface area is 246 Å². The van der Waals surface area contributed by atoms with Crippen molar-refractivity contribution in [2.75, 3.05) is 13.2 Å². The second-order valence-corrected chi connectivity index (χ2v) is 11.8. The lowest BCUT2D eigenvalue weighted by Gasteiger charge is -2.26. The smallest absolute Gasteiger partial charge is 0.469 e. The summed E-state index contributed by atoms with van der Waals surface area (Å²) in [5.74, 6) is 0.0365. The summed E-state index contributed by atoms with van der Waals surface area (Å²) in [7, 11) is -4.67. The van der Waals surface area contributed by atoms with Crippen molar-refractivity contribution in [1.29, 1.82) is 0 Å². The Bertz CT molecular complexity index is 1400. The van der Waals surface area contributed by atoms with Crippen molar-refractivity contribution in [3.05, 3.63) is 62.4 Å². The average molecular weight is 628 g/mol. The summed E-state index contributed by atoms with van der Waals surface area (Å²) in [5.41, 5.74) is 5.66. The zero-order valence-corrected chi connectivity index (χ0v) is 24.6. The molecule has 238 valence electrons. The van der Waals surface area contributed by atoms with Gasteiger partial charge in [0.2, 0.25) is 0 Å². The third-order valence-electron chi connectivity index (χ3n) is 7.35. The van der Waals surface area contributed by atoms with E-state index in [-0.39, 0.29) is 24.7 Å².